The van der Waals surface area contributed by atoms with Gasteiger partial charge >= 0.3 is 0 Å². The van der Waals surface area contributed by atoms with Crippen LogP contribution in [-0.4, -0.2) is 36.0 Å². The van der Waals surface area contributed by atoms with Crippen molar-refractivity contribution in [2.45, 2.75) is 50.6 Å². The number of halogens is 1. The van der Waals surface area contributed by atoms with E-state index in [2.05, 4.69) is 10.2 Å². The fourth-order valence-electron chi connectivity index (χ4n) is 3.55. The predicted octanol–water partition coefficient (Wildman–Crippen LogP) is 2.96. The van der Waals surface area contributed by atoms with E-state index in [1.807, 2.05) is 0 Å². The SMILES string of the molecule is O=C(NC1CCN(C2CCCCC2)C1)c1ccc(F)cc1. The van der Waals surface area contributed by atoms with Gasteiger partial charge in [0, 0.05) is 30.7 Å². The van der Waals surface area contributed by atoms with Gasteiger partial charge in [0.05, 0.1) is 0 Å². The molecule has 1 heterocycles. The highest BCUT2D eigenvalue weighted by molar-refractivity contribution is 5.94. The molecule has 1 unspecified atom stereocenters. The molecule has 2 aliphatic rings. The van der Waals surface area contributed by atoms with Gasteiger partial charge in [0.25, 0.3) is 5.91 Å². The third-order valence-electron chi connectivity index (χ3n) is 4.75. The van der Waals surface area contributed by atoms with Crippen molar-refractivity contribution in [1.29, 1.82) is 0 Å². The van der Waals surface area contributed by atoms with E-state index in [1.54, 1.807) is 12.1 Å². The van der Waals surface area contributed by atoms with Crippen molar-refractivity contribution in [3.63, 3.8) is 0 Å². The van der Waals surface area contributed by atoms with Crippen LogP contribution in [0.1, 0.15) is 48.9 Å². The molecular formula is C17H23FN2O. The number of nitrogens with one attached hydrogen (secondary N) is 1. The maximum Gasteiger partial charge on any atom is 0.251 e. The number of likely N-dealkylation sites (tertiary alicyclic amines) is 1. The van der Waals surface area contributed by atoms with Crippen LogP contribution >= 0.6 is 0 Å². The molecule has 1 aromatic rings. The van der Waals surface area contributed by atoms with Crippen molar-refractivity contribution in [2.24, 2.45) is 0 Å². The van der Waals surface area contributed by atoms with Crippen LogP contribution in [0.3, 0.4) is 0 Å². The summed E-state index contributed by atoms with van der Waals surface area (Å²) in [7, 11) is 0. The summed E-state index contributed by atoms with van der Waals surface area (Å²) >= 11 is 0. The molecule has 3 rings (SSSR count). The summed E-state index contributed by atoms with van der Waals surface area (Å²) in [4.78, 5) is 14.7. The zero-order valence-corrected chi connectivity index (χ0v) is 12.4. The second-order valence-corrected chi connectivity index (χ2v) is 6.25. The highest BCUT2D eigenvalue weighted by Crippen LogP contribution is 2.25. The molecule has 1 atom stereocenters. The van der Waals surface area contributed by atoms with E-state index in [-0.39, 0.29) is 17.8 Å². The minimum absolute atomic E-state index is 0.0921. The lowest BCUT2D eigenvalue weighted by Crippen LogP contribution is -2.40. The van der Waals surface area contributed by atoms with Gasteiger partial charge in [-0.05, 0) is 43.5 Å². The van der Waals surface area contributed by atoms with Crippen molar-refractivity contribution in [3.8, 4) is 0 Å². The van der Waals surface area contributed by atoms with Gasteiger partial charge < -0.3 is 5.32 Å². The number of hydrogen-bond acceptors (Lipinski definition) is 2. The summed E-state index contributed by atoms with van der Waals surface area (Å²) in [6.07, 6.45) is 7.68. The minimum Gasteiger partial charge on any atom is -0.348 e. The van der Waals surface area contributed by atoms with E-state index in [9.17, 15) is 9.18 Å². The van der Waals surface area contributed by atoms with E-state index in [0.29, 0.717) is 11.6 Å². The smallest absolute Gasteiger partial charge is 0.251 e. The zero-order chi connectivity index (χ0) is 14.7. The standard InChI is InChI=1S/C17H23FN2O/c18-14-8-6-13(7-9-14)17(21)19-15-10-11-20(12-15)16-4-2-1-3-5-16/h6-9,15-16H,1-5,10-12H2,(H,19,21). The normalized spacial score (nSPS) is 24.1. The largest absolute Gasteiger partial charge is 0.348 e. The molecule has 1 saturated carbocycles. The lowest BCUT2D eigenvalue weighted by Gasteiger charge is -2.31. The molecule has 0 spiro atoms. The van der Waals surface area contributed by atoms with Crippen molar-refractivity contribution in [1.82, 2.24) is 10.2 Å². The zero-order valence-electron chi connectivity index (χ0n) is 12.4. The molecule has 1 aliphatic heterocycles. The lowest BCUT2D eigenvalue weighted by molar-refractivity contribution is 0.0934. The average molecular weight is 290 g/mol. The molecule has 0 bridgehead atoms. The summed E-state index contributed by atoms with van der Waals surface area (Å²) in [6.45, 7) is 2.04. The molecule has 0 radical (unpaired) electrons. The molecule has 1 saturated heterocycles. The third kappa shape index (κ3) is 3.62. The quantitative estimate of drug-likeness (QED) is 0.928. The number of carbonyl (C=O) groups is 1. The van der Waals surface area contributed by atoms with Gasteiger partial charge in [-0.15, -0.1) is 0 Å². The first-order valence-electron chi connectivity index (χ1n) is 8.03. The molecule has 1 amide bonds. The number of amides is 1. The van der Waals surface area contributed by atoms with E-state index in [1.165, 1.54) is 44.2 Å². The van der Waals surface area contributed by atoms with Gasteiger partial charge in [-0.3, -0.25) is 9.69 Å². The Balaban J connectivity index is 1.52. The summed E-state index contributed by atoms with van der Waals surface area (Å²) in [5.41, 5.74) is 0.535. The Morgan fingerprint density at radius 1 is 1.10 bits per heavy atom. The molecule has 2 fully saturated rings. The topological polar surface area (TPSA) is 32.3 Å². The van der Waals surface area contributed by atoms with Gasteiger partial charge in [-0.1, -0.05) is 19.3 Å². The van der Waals surface area contributed by atoms with Gasteiger partial charge in [-0.2, -0.15) is 0 Å². The first-order valence-corrected chi connectivity index (χ1v) is 8.03. The van der Waals surface area contributed by atoms with E-state index in [0.717, 1.165) is 19.5 Å². The van der Waals surface area contributed by atoms with Crippen molar-refractivity contribution in [3.05, 3.63) is 35.6 Å². The third-order valence-corrected chi connectivity index (χ3v) is 4.75. The van der Waals surface area contributed by atoms with Crippen LogP contribution < -0.4 is 5.32 Å². The lowest BCUT2D eigenvalue weighted by atomic mass is 9.94. The molecular weight excluding hydrogens is 267 g/mol. The molecule has 114 valence electrons. The minimum atomic E-state index is -0.309. The second-order valence-electron chi connectivity index (χ2n) is 6.25. The number of carbonyl (C=O) groups excluding carboxylic acids is 1. The molecule has 21 heavy (non-hydrogen) atoms. The van der Waals surface area contributed by atoms with Crippen LogP contribution in [0.2, 0.25) is 0 Å². The Kier molecular flexibility index (Phi) is 4.54. The number of benzene rings is 1. The van der Waals surface area contributed by atoms with Crippen molar-refractivity contribution < 1.29 is 9.18 Å². The number of rotatable bonds is 3. The summed E-state index contributed by atoms with van der Waals surface area (Å²) < 4.78 is 12.9. The van der Waals surface area contributed by atoms with E-state index >= 15 is 0 Å². The van der Waals surface area contributed by atoms with Gasteiger partial charge in [0.15, 0.2) is 0 Å². The summed E-state index contributed by atoms with van der Waals surface area (Å²) in [6, 6.07) is 6.68. The van der Waals surface area contributed by atoms with Crippen LogP contribution in [-0.2, 0) is 0 Å². The van der Waals surface area contributed by atoms with Crippen LogP contribution in [0, 0.1) is 5.82 Å². The van der Waals surface area contributed by atoms with Gasteiger partial charge in [0.1, 0.15) is 5.82 Å². The Bertz CT molecular complexity index is 482. The number of nitrogens with zero attached hydrogens (tertiary/aromatic N) is 1. The Hall–Kier alpha value is -1.42. The summed E-state index contributed by atoms with van der Waals surface area (Å²) in [5, 5.41) is 3.08. The Morgan fingerprint density at radius 3 is 2.52 bits per heavy atom. The van der Waals surface area contributed by atoms with Crippen molar-refractivity contribution in [2.75, 3.05) is 13.1 Å². The molecule has 1 aromatic carbocycles. The second kappa shape index (κ2) is 6.56. The first kappa shape index (κ1) is 14.5. The fourth-order valence-corrected chi connectivity index (χ4v) is 3.55. The molecule has 1 aliphatic carbocycles. The summed E-state index contributed by atoms with van der Waals surface area (Å²) in [5.74, 6) is -0.401. The van der Waals surface area contributed by atoms with Crippen LogP contribution in [0.4, 0.5) is 4.39 Å². The average Bonchev–Trinajstić information content (AvgIpc) is 2.97. The van der Waals surface area contributed by atoms with E-state index in [4.69, 9.17) is 0 Å². The Morgan fingerprint density at radius 2 is 1.81 bits per heavy atom. The monoisotopic (exact) mass is 290 g/mol. The molecule has 0 aromatic heterocycles. The molecule has 4 heteroatoms. The maximum atomic E-state index is 12.9. The maximum absolute atomic E-state index is 12.9. The first-order chi connectivity index (χ1) is 10.2. The highest BCUT2D eigenvalue weighted by Gasteiger charge is 2.29. The molecule has 3 nitrogen and oxygen atoms in total. The van der Waals surface area contributed by atoms with Gasteiger partial charge in [0.2, 0.25) is 0 Å². The highest BCUT2D eigenvalue weighted by atomic mass is 19.1. The van der Waals surface area contributed by atoms with Crippen LogP contribution in [0.15, 0.2) is 24.3 Å². The van der Waals surface area contributed by atoms with E-state index < -0.39 is 0 Å². The predicted molar refractivity (Wildman–Crippen MR) is 80.7 cm³/mol. The van der Waals surface area contributed by atoms with Crippen molar-refractivity contribution >= 4 is 5.91 Å². The molecule has 1 N–H and O–H groups in total. The fraction of sp³-hybridized carbons (Fsp3) is 0.588. The number of hydrogen-bond donors (Lipinski definition) is 1. The van der Waals surface area contributed by atoms with Crippen LogP contribution in [0.5, 0.6) is 0 Å². The van der Waals surface area contributed by atoms with Gasteiger partial charge in [-0.25, -0.2) is 4.39 Å². The Labute approximate surface area is 125 Å². The van der Waals surface area contributed by atoms with Crippen LogP contribution in [0.25, 0.3) is 0 Å².